The van der Waals surface area contributed by atoms with Crippen LogP contribution in [0, 0.1) is 12.1 Å². The Bertz CT molecular complexity index is 2320. The standard InChI is InChI=1S/C39H30N4O2.Pt/c1-26(2)31-13-4-5-14-32(31)27-21-22-40-39(23-27)42-35-16-7-6-15-33(35)34-20-19-30(25-38(34)42)44-29-12-10-11-28(24-29)43-37-18-9-8-17-36(37)41(3)45-43;/h4-23,26H,1-3H3;/q-2;/p+1/i3D3;. The molecule has 6 nitrogen and oxygen atoms in total. The molecule has 230 valence electrons. The smallest absolute Gasteiger partial charge is 0.145 e. The van der Waals surface area contributed by atoms with E-state index < -0.39 is 6.98 Å². The molecular formula is C39H31N4O2Pt-. The topological polar surface area (TPSA) is 46.3 Å². The molecular weight excluding hydrogens is 752 g/mol. The maximum Gasteiger partial charge on any atom is 0.145 e. The van der Waals surface area contributed by atoms with E-state index in [9.17, 15) is 0 Å². The molecule has 1 aliphatic heterocycles. The maximum absolute atomic E-state index is 7.96. The summed E-state index contributed by atoms with van der Waals surface area (Å²) in [5.74, 6) is 2.11. The van der Waals surface area contributed by atoms with E-state index in [0.29, 0.717) is 34.5 Å². The first-order valence-corrected chi connectivity index (χ1v) is 14.9. The van der Waals surface area contributed by atoms with Crippen LogP contribution < -0.4 is 14.9 Å². The summed E-state index contributed by atoms with van der Waals surface area (Å²) in [6.45, 7) is 1.98. The number of benzene rings is 5. The Labute approximate surface area is 286 Å². The van der Waals surface area contributed by atoms with Crippen molar-refractivity contribution in [3.05, 3.63) is 139 Å². The van der Waals surface area contributed by atoms with Gasteiger partial charge in [-0.05, 0) is 58.3 Å². The van der Waals surface area contributed by atoms with Crippen LogP contribution in [0.3, 0.4) is 0 Å². The fourth-order valence-corrected chi connectivity index (χ4v) is 6.07. The first-order chi connectivity index (χ1) is 23.3. The number of nitrogens with zero attached hydrogens (tertiary/aromatic N) is 4. The first kappa shape index (κ1) is 26.3. The molecule has 1 aliphatic rings. The molecule has 0 saturated carbocycles. The zero-order valence-corrected chi connectivity index (χ0v) is 27.4. The van der Waals surface area contributed by atoms with E-state index in [1.807, 2.05) is 54.7 Å². The van der Waals surface area contributed by atoms with Gasteiger partial charge in [0, 0.05) is 50.0 Å². The number of fused-ring (bicyclic) bond motifs is 4. The van der Waals surface area contributed by atoms with Gasteiger partial charge in [-0.2, -0.15) is 17.1 Å². The van der Waals surface area contributed by atoms with E-state index in [0.717, 1.165) is 38.3 Å². The summed E-state index contributed by atoms with van der Waals surface area (Å²) in [6.07, 6.45) is 1.86. The van der Waals surface area contributed by atoms with Crippen LogP contribution in [0.15, 0.2) is 121 Å². The molecule has 0 spiro atoms. The number of rotatable bonds is 6. The predicted molar refractivity (Wildman–Crippen MR) is 181 cm³/mol. The number of ether oxygens (including phenoxy) is 1. The fraction of sp³-hybridized carbons (Fsp3) is 0.103. The normalized spacial score (nSPS) is 13.8. The van der Waals surface area contributed by atoms with Crippen molar-refractivity contribution in [1.29, 1.82) is 0 Å². The largest absolute Gasteiger partial charge is 0.509 e. The van der Waals surface area contributed by atoms with Crippen molar-refractivity contribution in [2.75, 3.05) is 17.1 Å². The quantitative estimate of drug-likeness (QED) is 0.125. The van der Waals surface area contributed by atoms with Crippen LogP contribution in [0.25, 0.3) is 38.8 Å². The van der Waals surface area contributed by atoms with E-state index in [2.05, 4.69) is 84.0 Å². The molecule has 0 aliphatic carbocycles. The molecule has 46 heavy (non-hydrogen) atoms. The van der Waals surface area contributed by atoms with Crippen molar-refractivity contribution in [1.82, 2.24) is 9.55 Å². The first-order valence-electron chi connectivity index (χ1n) is 16.4. The van der Waals surface area contributed by atoms with Gasteiger partial charge in [-0.3, -0.25) is 0 Å². The molecule has 0 bridgehead atoms. The zero-order chi connectivity index (χ0) is 33.0. The fourth-order valence-electron chi connectivity index (χ4n) is 6.07. The minimum atomic E-state index is -2.44. The number of para-hydroxylation sites is 3. The van der Waals surface area contributed by atoms with Gasteiger partial charge in [0.1, 0.15) is 17.2 Å². The number of anilines is 3. The Hall–Kier alpha value is -4.90. The Morgan fingerprint density at radius 1 is 0.783 bits per heavy atom. The molecule has 7 aromatic rings. The average molecular weight is 786 g/mol. The Balaban J connectivity index is 0.00000378. The number of aromatic nitrogens is 2. The summed E-state index contributed by atoms with van der Waals surface area (Å²) in [5.41, 5.74) is 7.11. The summed E-state index contributed by atoms with van der Waals surface area (Å²) < 4.78 is 32.4. The molecule has 1 N–H and O–H groups in total. The molecule has 0 atom stereocenters. The van der Waals surface area contributed by atoms with Crippen molar-refractivity contribution < 1.29 is 34.9 Å². The number of pyridine rings is 1. The Morgan fingerprint density at radius 2 is 1.57 bits per heavy atom. The van der Waals surface area contributed by atoms with Crippen LogP contribution in [0.2, 0.25) is 0 Å². The van der Waals surface area contributed by atoms with Gasteiger partial charge in [-0.25, -0.2) is 4.98 Å². The van der Waals surface area contributed by atoms with E-state index in [1.165, 1.54) is 11.1 Å². The molecule has 0 unspecified atom stereocenters. The maximum atomic E-state index is 7.96. The van der Waals surface area contributed by atoms with Gasteiger partial charge in [-0.1, -0.05) is 74.0 Å². The van der Waals surface area contributed by atoms with Gasteiger partial charge in [0.05, 0.1) is 11.1 Å². The predicted octanol–water partition coefficient (Wildman–Crippen LogP) is 9.79. The number of hydrogen-bond donors (Lipinski definition) is 0. The van der Waals surface area contributed by atoms with Gasteiger partial charge in [-0.15, -0.1) is 45.8 Å². The van der Waals surface area contributed by atoms with Gasteiger partial charge < -0.3 is 9.30 Å². The third kappa shape index (κ3) is 5.14. The minimum absolute atomic E-state index is 0. The van der Waals surface area contributed by atoms with E-state index in [1.54, 1.807) is 23.3 Å². The van der Waals surface area contributed by atoms with Crippen LogP contribution in [0.4, 0.5) is 17.1 Å². The Morgan fingerprint density at radius 3 is 2.43 bits per heavy atom. The summed E-state index contributed by atoms with van der Waals surface area (Å²) in [6, 6.07) is 44.4. The third-order valence-electron chi connectivity index (χ3n) is 8.14. The zero-order valence-electron chi connectivity index (χ0n) is 28.1. The van der Waals surface area contributed by atoms with E-state index in [-0.39, 0.29) is 21.1 Å². The number of hydrogen-bond acceptors (Lipinski definition) is 4. The van der Waals surface area contributed by atoms with Crippen LogP contribution in [0.1, 0.15) is 29.4 Å². The summed E-state index contributed by atoms with van der Waals surface area (Å²) in [7, 11) is 0. The molecule has 3 heterocycles. The van der Waals surface area contributed by atoms with Crippen LogP contribution in [0.5, 0.6) is 11.5 Å². The molecule has 5 aromatic carbocycles. The molecule has 7 heteroatoms. The molecule has 8 rings (SSSR count). The summed E-state index contributed by atoms with van der Waals surface area (Å²) >= 11 is 0. The van der Waals surface area contributed by atoms with Crippen LogP contribution in [-0.2, 0) is 21.1 Å². The number of hydroxylamine groups is 1. The van der Waals surface area contributed by atoms with Gasteiger partial charge in [0.2, 0.25) is 0 Å². The summed E-state index contributed by atoms with van der Waals surface area (Å²) in [5, 5.41) is 4.74. The van der Waals surface area contributed by atoms with Crippen molar-refractivity contribution in [3.63, 3.8) is 0 Å². The van der Waals surface area contributed by atoms with Crippen molar-refractivity contribution in [2.45, 2.75) is 19.8 Å². The average Bonchev–Trinajstić information content (AvgIpc) is 3.65. The molecule has 2 aromatic heterocycles. The van der Waals surface area contributed by atoms with Crippen molar-refractivity contribution in [2.24, 2.45) is 0 Å². The summed E-state index contributed by atoms with van der Waals surface area (Å²) in [4.78, 5) is 9.23. The molecule has 0 fully saturated rings. The second kappa shape index (κ2) is 12.1. The van der Waals surface area contributed by atoms with E-state index >= 15 is 0 Å². The monoisotopic (exact) mass is 785 g/mol. The van der Waals surface area contributed by atoms with Crippen molar-refractivity contribution >= 4 is 38.9 Å². The molecule has 0 saturated heterocycles. The second-order valence-electron chi connectivity index (χ2n) is 11.3. The van der Waals surface area contributed by atoms with Gasteiger partial charge >= 0.3 is 0 Å². The van der Waals surface area contributed by atoms with Gasteiger partial charge in [0.25, 0.3) is 0 Å². The Kier molecular flexibility index (Phi) is 6.94. The minimum Gasteiger partial charge on any atom is -0.509 e. The van der Waals surface area contributed by atoms with E-state index in [4.69, 9.17) is 13.8 Å². The van der Waals surface area contributed by atoms with Crippen LogP contribution >= 0.6 is 0 Å². The SMILES string of the molecule is [2H]C([2H])([2H])N1[OH+]N(c2[c-]c(Oc3[c-]c4c(cc3)c3ccccc3n4-c3cc(-c4ccccc4C(C)C)ccn3)ccc2)c2ccccc21.[Pt]. The third-order valence-corrected chi connectivity index (χ3v) is 8.14. The molecule has 0 amide bonds. The molecule has 0 radical (unpaired) electrons. The van der Waals surface area contributed by atoms with Crippen molar-refractivity contribution in [3.8, 4) is 28.4 Å². The van der Waals surface area contributed by atoms with Crippen LogP contribution in [-0.4, -0.2) is 21.5 Å². The second-order valence-corrected chi connectivity index (χ2v) is 11.3. The van der Waals surface area contributed by atoms with Gasteiger partial charge in [0.15, 0.2) is 0 Å².